The predicted octanol–water partition coefficient (Wildman–Crippen LogP) is 1.41. The lowest BCUT2D eigenvalue weighted by Gasteiger charge is -2.23. The van der Waals surface area contributed by atoms with Gasteiger partial charge in [0, 0.05) is 32.0 Å². The van der Waals surface area contributed by atoms with E-state index in [9.17, 15) is 5.11 Å². The Hall–Kier alpha value is -2.51. The van der Waals surface area contributed by atoms with Crippen LogP contribution in [0.15, 0.2) is 48.9 Å². The second kappa shape index (κ2) is 6.42. The molecule has 1 aromatic carbocycles. The maximum absolute atomic E-state index is 10.8. The van der Waals surface area contributed by atoms with Crippen LogP contribution in [0.25, 0.3) is 5.69 Å². The van der Waals surface area contributed by atoms with Gasteiger partial charge < -0.3 is 5.11 Å². The quantitative estimate of drug-likeness (QED) is 0.761. The van der Waals surface area contributed by atoms with Gasteiger partial charge in [0.1, 0.15) is 0 Å². The number of likely N-dealkylation sites (tertiary alicyclic amines) is 1. The number of aliphatic hydroxyl groups is 1. The first kappa shape index (κ1) is 16.0. The molecule has 1 saturated heterocycles. The van der Waals surface area contributed by atoms with Crippen molar-refractivity contribution in [2.45, 2.75) is 32.0 Å². The van der Waals surface area contributed by atoms with Gasteiger partial charge in [0.25, 0.3) is 0 Å². The molecule has 1 unspecified atom stereocenters. The van der Waals surface area contributed by atoms with E-state index in [1.165, 1.54) is 5.56 Å². The highest BCUT2D eigenvalue weighted by Gasteiger charge is 2.37. The molecule has 0 saturated carbocycles. The molecular weight excluding hydrogens is 316 g/mol. The first-order valence-electron chi connectivity index (χ1n) is 8.51. The summed E-state index contributed by atoms with van der Waals surface area (Å²) in [6.45, 7) is 4.79. The van der Waals surface area contributed by atoms with E-state index in [4.69, 9.17) is 0 Å². The normalized spacial score (nSPS) is 21.0. The third kappa shape index (κ3) is 3.33. The molecule has 3 heterocycles. The van der Waals surface area contributed by atoms with Crippen molar-refractivity contribution in [2.75, 3.05) is 13.1 Å². The van der Waals surface area contributed by atoms with Gasteiger partial charge >= 0.3 is 0 Å². The van der Waals surface area contributed by atoms with Crippen LogP contribution in [0.4, 0.5) is 0 Å². The van der Waals surface area contributed by atoms with Gasteiger partial charge in [-0.1, -0.05) is 23.4 Å². The topological polar surface area (TPSA) is 72.0 Å². The highest BCUT2D eigenvalue weighted by Crippen LogP contribution is 2.25. The number of aryl methyl sites for hydroxylation is 1. The zero-order chi connectivity index (χ0) is 17.3. The zero-order valence-corrected chi connectivity index (χ0v) is 14.3. The lowest BCUT2D eigenvalue weighted by Crippen LogP contribution is -2.37. The van der Waals surface area contributed by atoms with Crippen molar-refractivity contribution in [3.8, 4) is 5.69 Å². The second-order valence-corrected chi connectivity index (χ2v) is 6.81. The van der Waals surface area contributed by atoms with Gasteiger partial charge in [-0.25, -0.2) is 9.36 Å². The summed E-state index contributed by atoms with van der Waals surface area (Å²) in [6, 6.07) is 10.3. The summed E-state index contributed by atoms with van der Waals surface area (Å²) in [5.74, 6) is 0. The smallest absolute Gasteiger partial charge is 0.0981 e. The van der Waals surface area contributed by atoms with Crippen molar-refractivity contribution in [1.29, 1.82) is 0 Å². The van der Waals surface area contributed by atoms with Crippen LogP contribution < -0.4 is 0 Å². The average molecular weight is 338 g/mol. The highest BCUT2D eigenvalue weighted by molar-refractivity contribution is 5.40. The van der Waals surface area contributed by atoms with Crippen molar-refractivity contribution >= 4 is 0 Å². The van der Waals surface area contributed by atoms with Crippen LogP contribution in [0.2, 0.25) is 0 Å². The lowest BCUT2D eigenvalue weighted by atomic mass is 10.0. The van der Waals surface area contributed by atoms with Crippen LogP contribution in [0, 0.1) is 6.92 Å². The summed E-state index contributed by atoms with van der Waals surface area (Å²) in [7, 11) is 0. The van der Waals surface area contributed by atoms with Gasteiger partial charge in [-0.2, -0.15) is 5.10 Å². The Labute approximate surface area is 146 Å². The summed E-state index contributed by atoms with van der Waals surface area (Å²) in [5.41, 5.74) is 2.65. The molecule has 4 rings (SSSR count). The van der Waals surface area contributed by atoms with Gasteiger partial charge in [-0.15, -0.1) is 5.10 Å². The predicted molar refractivity (Wildman–Crippen MR) is 93.2 cm³/mol. The van der Waals surface area contributed by atoms with E-state index >= 15 is 0 Å². The van der Waals surface area contributed by atoms with Crippen molar-refractivity contribution in [3.05, 3.63) is 60.2 Å². The lowest BCUT2D eigenvalue weighted by molar-refractivity contribution is 0.0273. The van der Waals surface area contributed by atoms with Crippen LogP contribution in [0.3, 0.4) is 0 Å². The number of hydrogen-bond donors (Lipinski definition) is 1. The molecule has 1 aliphatic heterocycles. The van der Waals surface area contributed by atoms with E-state index in [2.05, 4.69) is 39.4 Å². The van der Waals surface area contributed by atoms with Gasteiger partial charge in [0.05, 0.1) is 29.7 Å². The van der Waals surface area contributed by atoms with Crippen LogP contribution in [-0.2, 0) is 13.1 Å². The summed E-state index contributed by atoms with van der Waals surface area (Å²) >= 11 is 0. The summed E-state index contributed by atoms with van der Waals surface area (Å²) in [6.07, 6.45) is 5.98. The van der Waals surface area contributed by atoms with Crippen LogP contribution in [0.1, 0.15) is 17.7 Å². The van der Waals surface area contributed by atoms with Crippen LogP contribution >= 0.6 is 0 Å². The Balaban J connectivity index is 1.48. The Bertz CT molecular complexity index is 843. The van der Waals surface area contributed by atoms with E-state index in [1.807, 2.05) is 29.1 Å². The second-order valence-electron chi connectivity index (χ2n) is 6.81. The SMILES string of the molecule is Cc1ccccc1-n1nccc1CN1CCC(O)(Cn2ccnn2)C1. The third-order valence-corrected chi connectivity index (χ3v) is 4.79. The molecule has 130 valence electrons. The molecular formula is C18H22N6O. The minimum absolute atomic E-state index is 0.473. The molecule has 7 heteroatoms. The molecule has 3 aromatic rings. The van der Waals surface area contributed by atoms with Gasteiger partial charge in [-0.3, -0.25) is 4.90 Å². The number of benzene rings is 1. The number of aromatic nitrogens is 5. The van der Waals surface area contributed by atoms with E-state index in [1.54, 1.807) is 17.1 Å². The molecule has 0 radical (unpaired) electrons. The Morgan fingerprint density at radius 2 is 2.08 bits per heavy atom. The van der Waals surface area contributed by atoms with Crippen LogP contribution in [-0.4, -0.2) is 53.5 Å². The summed E-state index contributed by atoms with van der Waals surface area (Å²) in [4.78, 5) is 2.27. The van der Waals surface area contributed by atoms with Crippen molar-refractivity contribution < 1.29 is 5.11 Å². The number of para-hydroxylation sites is 1. The van der Waals surface area contributed by atoms with Gasteiger partial charge in [-0.05, 0) is 31.0 Å². The van der Waals surface area contributed by atoms with Gasteiger partial charge in [0.2, 0.25) is 0 Å². The molecule has 1 atom stereocenters. The molecule has 7 nitrogen and oxygen atoms in total. The van der Waals surface area contributed by atoms with E-state index in [0.29, 0.717) is 13.1 Å². The van der Waals surface area contributed by atoms with Crippen molar-refractivity contribution in [2.24, 2.45) is 0 Å². The molecule has 0 spiro atoms. The standard InChI is InChI=1S/C18H22N6O/c1-15-4-2-3-5-17(15)24-16(6-8-20-24)12-22-10-7-18(25,13-22)14-23-11-9-19-21-23/h2-6,8-9,11,25H,7,10,12-14H2,1H3. The molecule has 0 aliphatic carbocycles. The van der Waals surface area contributed by atoms with Crippen LogP contribution in [0.5, 0.6) is 0 Å². The Morgan fingerprint density at radius 1 is 1.20 bits per heavy atom. The van der Waals surface area contributed by atoms with E-state index in [0.717, 1.165) is 30.9 Å². The Morgan fingerprint density at radius 3 is 2.88 bits per heavy atom. The number of rotatable bonds is 5. The fraction of sp³-hybridized carbons (Fsp3) is 0.389. The molecule has 25 heavy (non-hydrogen) atoms. The summed E-state index contributed by atoms with van der Waals surface area (Å²) < 4.78 is 3.69. The largest absolute Gasteiger partial charge is 0.387 e. The molecule has 0 bridgehead atoms. The van der Waals surface area contributed by atoms with E-state index < -0.39 is 5.60 Å². The molecule has 1 aliphatic rings. The minimum Gasteiger partial charge on any atom is -0.387 e. The molecule has 1 N–H and O–H groups in total. The molecule has 1 fully saturated rings. The monoisotopic (exact) mass is 338 g/mol. The zero-order valence-electron chi connectivity index (χ0n) is 14.3. The van der Waals surface area contributed by atoms with Crippen molar-refractivity contribution in [3.63, 3.8) is 0 Å². The maximum Gasteiger partial charge on any atom is 0.0981 e. The minimum atomic E-state index is -0.763. The van der Waals surface area contributed by atoms with Gasteiger partial charge in [0.15, 0.2) is 0 Å². The highest BCUT2D eigenvalue weighted by atomic mass is 16.3. The number of β-amino-alcohol motifs (C(OH)–C–C–N with tert-alkyl or cyclic N) is 1. The Kier molecular flexibility index (Phi) is 4.10. The third-order valence-electron chi connectivity index (χ3n) is 4.79. The van der Waals surface area contributed by atoms with E-state index in [-0.39, 0.29) is 0 Å². The first-order chi connectivity index (χ1) is 12.1. The number of nitrogens with zero attached hydrogens (tertiary/aromatic N) is 6. The van der Waals surface area contributed by atoms with Crippen molar-refractivity contribution in [1.82, 2.24) is 29.7 Å². The number of hydrogen-bond acceptors (Lipinski definition) is 5. The fourth-order valence-corrected chi connectivity index (χ4v) is 3.52. The summed E-state index contributed by atoms with van der Waals surface area (Å²) in [5, 5.41) is 23.1. The fourth-order valence-electron chi connectivity index (χ4n) is 3.52. The molecule has 2 aromatic heterocycles. The maximum atomic E-state index is 10.8. The molecule has 0 amide bonds. The average Bonchev–Trinajstić information content (AvgIpc) is 3.31. The first-order valence-corrected chi connectivity index (χ1v) is 8.51.